The van der Waals surface area contributed by atoms with Crippen LogP contribution in [0.1, 0.15) is 93.9 Å². The second-order valence-electron chi connectivity index (χ2n) is 14.6. The quantitative estimate of drug-likeness (QED) is 0.411. The third kappa shape index (κ3) is 3.78. The molecule has 0 radical (unpaired) electrons. The lowest BCUT2D eigenvalue weighted by Crippen LogP contribution is -2.65. The predicted octanol–water partition coefficient (Wildman–Crippen LogP) is 3.15. The predicted molar refractivity (Wildman–Crippen MR) is 138 cm³/mol. The lowest BCUT2D eigenvalue weighted by atomic mass is 9.38. The molecule has 0 saturated heterocycles. The van der Waals surface area contributed by atoms with Crippen LogP contribution in [0.15, 0.2) is 11.6 Å². The molecule has 37 heavy (non-hydrogen) atoms. The third-order valence-electron chi connectivity index (χ3n) is 11.6. The molecule has 0 spiro atoms. The monoisotopic (exact) mass is 518 g/mol. The van der Waals surface area contributed by atoms with Crippen molar-refractivity contribution in [3.63, 3.8) is 0 Å². The molecule has 7 nitrogen and oxygen atoms in total. The highest BCUT2D eigenvalue weighted by Gasteiger charge is 2.74. The number of aliphatic hydroxyl groups excluding tert-OH is 2. The van der Waals surface area contributed by atoms with E-state index < -0.39 is 56.8 Å². The fourth-order valence-electron chi connectivity index (χ4n) is 9.20. The number of ketones is 3. The summed E-state index contributed by atoms with van der Waals surface area (Å²) in [5, 5.41) is 43.9. The molecule has 3 saturated carbocycles. The van der Waals surface area contributed by atoms with E-state index in [1.165, 1.54) is 6.92 Å². The molecule has 0 heterocycles. The summed E-state index contributed by atoms with van der Waals surface area (Å²) in [6, 6.07) is 0. The van der Waals surface area contributed by atoms with E-state index in [4.69, 9.17) is 0 Å². The molecule has 4 N–H and O–H groups in total. The standard InChI is InChI=1S/C30H46O7/c1-25(2,36)12-11-21(33)30(8,37)23-19(32)14-27(5)20-10-9-16-17(13-18(31)24(35)26(16,3)4)29(20,7)22(34)15-28(23,27)6/h9,17,19-20,23-24,32,35-37H,10-15H2,1-8H3/t17-,19-,20+,23+,24?,27+,28-,29+,30+/m1/s1. The Bertz CT molecular complexity index is 1050. The molecule has 4 rings (SSSR count). The molecule has 4 aliphatic rings. The lowest BCUT2D eigenvalue weighted by Gasteiger charge is -2.64. The first-order valence-corrected chi connectivity index (χ1v) is 13.8. The molecule has 1 unspecified atom stereocenters. The van der Waals surface area contributed by atoms with Gasteiger partial charge in [-0.2, -0.15) is 0 Å². The summed E-state index contributed by atoms with van der Waals surface area (Å²) in [6.45, 7) is 14.4. The maximum Gasteiger partial charge on any atom is 0.164 e. The normalized spacial score (nSPS) is 44.9. The van der Waals surface area contributed by atoms with Crippen LogP contribution in [0.2, 0.25) is 0 Å². The molecule has 0 amide bonds. The molecule has 4 aliphatic carbocycles. The van der Waals surface area contributed by atoms with Gasteiger partial charge >= 0.3 is 0 Å². The van der Waals surface area contributed by atoms with Gasteiger partial charge in [-0.3, -0.25) is 14.4 Å². The summed E-state index contributed by atoms with van der Waals surface area (Å²) < 4.78 is 0. The van der Waals surface area contributed by atoms with Crippen molar-refractivity contribution in [3.8, 4) is 0 Å². The number of Topliss-reactive ketones (excluding diaryl/α,β-unsaturated/α-hetero) is 3. The Hall–Kier alpha value is -1.41. The summed E-state index contributed by atoms with van der Waals surface area (Å²) >= 11 is 0. The van der Waals surface area contributed by atoms with Crippen LogP contribution >= 0.6 is 0 Å². The van der Waals surface area contributed by atoms with Crippen LogP contribution in [0.4, 0.5) is 0 Å². The van der Waals surface area contributed by atoms with E-state index >= 15 is 0 Å². The lowest BCUT2D eigenvalue weighted by molar-refractivity contribution is -0.184. The second-order valence-corrected chi connectivity index (χ2v) is 14.6. The Labute approximate surface area is 220 Å². The average Bonchev–Trinajstić information content (AvgIpc) is 2.96. The number of hydrogen-bond acceptors (Lipinski definition) is 7. The van der Waals surface area contributed by atoms with Crippen molar-refractivity contribution in [2.45, 2.75) is 117 Å². The van der Waals surface area contributed by atoms with Gasteiger partial charge in [0.25, 0.3) is 0 Å². The van der Waals surface area contributed by atoms with E-state index in [9.17, 15) is 34.8 Å². The van der Waals surface area contributed by atoms with Crippen LogP contribution in [0, 0.1) is 39.4 Å². The van der Waals surface area contributed by atoms with Crippen molar-refractivity contribution in [2.75, 3.05) is 0 Å². The minimum absolute atomic E-state index is 0.00750. The Balaban J connectivity index is 1.77. The van der Waals surface area contributed by atoms with E-state index in [-0.39, 0.29) is 49.1 Å². The first-order chi connectivity index (χ1) is 16.7. The van der Waals surface area contributed by atoms with Crippen LogP contribution in [-0.2, 0) is 14.4 Å². The number of rotatable bonds is 5. The zero-order valence-electron chi connectivity index (χ0n) is 23.7. The number of carbonyl (C=O) groups excluding carboxylic acids is 3. The van der Waals surface area contributed by atoms with E-state index in [2.05, 4.69) is 13.0 Å². The van der Waals surface area contributed by atoms with Gasteiger partial charge < -0.3 is 20.4 Å². The summed E-state index contributed by atoms with van der Waals surface area (Å²) in [5.74, 6) is -2.05. The van der Waals surface area contributed by atoms with Crippen LogP contribution in [0.5, 0.6) is 0 Å². The zero-order chi connectivity index (χ0) is 28.1. The highest BCUT2D eigenvalue weighted by Crippen LogP contribution is 2.74. The Morgan fingerprint density at radius 1 is 1.03 bits per heavy atom. The molecule has 3 fully saturated rings. The molecule has 0 aliphatic heterocycles. The average molecular weight is 519 g/mol. The first-order valence-electron chi connectivity index (χ1n) is 13.8. The molecule has 7 heteroatoms. The Morgan fingerprint density at radius 3 is 2.19 bits per heavy atom. The van der Waals surface area contributed by atoms with Crippen molar-refractivity contribution < 1.29 is 34.8 Å². The maximum absolute atomic E-state index is 14.2. The number of allylic oxidation sites excluding steroid dienone is 1. The fraction of sp³-hybridized carbons (Fsp3) is 0.833. The molecule has 0 bridgehead atoms. The SMILES string of the molecule is CC(C)(O)CCC(=O)[C@](C)(O)[C@H]1[C@H](O)C[C@@]2(C)[C@@H]3CC=C4[C@@H](CC(=O)C(O)C4(C)C)[C@]3(C)C(=O)C[C@]12C. The van der Waals surface area contributed by atoms with Crippen molar-refractivity contribution in [2.24, 2.45) is 39.4 Å². The van der Waals surface area contributed by atoms with Crippen LogP contribution in [0.3, 0.4) is 0 Å². The van der Waals surface area contributed by atoms with Gasteiger partial charge in [-0.05, 0) is 62.7 Å². The minimum Gasteiger partial charge on any atom is -0.393 e. The molecule has 0 aromatic heterocycles. The van der Waals surface area contributed by atoms with Crippen molar-refractivity contribution in [1.29, 1.82) is 0 Å². The highest BCUT2D eigenvalue weighted by atomic mass is 16.3. The number of carbonyl (C=O) groups is 3. The summed E-state index contributed by atoms with van der Waals surface area (Å²) in [6.07, 6.45) is 1.28. The van der Waals surface area contributed by atoms with Gasteiger partial charge in [-0.1, -0.05) is 46.3 Å². The van der Waals surface area contributed by atoms with E-state index in [0.717, 1.165) is 5.57 Å². The van der Waals surface area contributed by atoms with E-state index in [1.807, 2.05) is 27.7 Å². The van der Waals surface area contributed by atoms with Gasteiger partial charge in [0.15, 0.2) is 11.6 Å². The number of hydrogen-bond donors (Lipinski definition) is 4. The molecule has 208 valence electrons. The van der Waals surface area contributed by atoms with Crippen LogP contribution < -0.4 is 0 Å². The smallest absolute Gasteiger partial charge is 0.164 e. The van der Waals surface area contributed by atoms with E-state index in [1.54, 1.807) is 13.8 Å². The molecule has 9 atom stereocenters. The molecule has 0 aromatic rings. The van der Waals surface area contributed by atoms with Crippen molar-refractivity contribution in [1.82, 2.24) is 0 Å². The third-order valence-corrected chi connectivity index (χ3v) is 11.6. The van der Waals surface area contributed by atoms with Gasteiger partial charge in [0, 0.05) is 36.0 Å². The van der Waals surface area contributed by atoms with Gasteiger partial charge in [0.05, 0.1) is 11.7 Å². The fourth-order valence-corrected chi connectivity index (χ4v) is 9.20. The summed E-state index contributed by atoms with van der Waals surface area (Å²) in [7, 11) is 0. The molecule has 0 aromatic carbocycles. The van der Waals surface area contributed by atoms with Crippen LogP contribution in [-0.4, -0.2) is 61.2 Å². The van der Waals surface area contributed by atoms with Crippen molar-refractivity contribution in [3.05, 3.63) is 11.6 Å². The number of aliphatic hydroxyl groups is 4. The van der Waals surface area contributed by atoms with Gasteiger partial charge in [-0.25, -0.2) is 0 Å². The Morgan fingerprint density at radius 2 is 1.62 bits per heavy atom. The van der Waals surface area contributed by atoms with Crippen molar-refractivity contribution >= 4 is 17.3 Å². The second kappa shape index (κ2) is 8.30. The minimum atomic E-state index is -1.87. The summed E-state index contributed by atoms with van der Waals surface area (Å²) in [5.41, 5.74) is -5.00. The van der Waals surface area contributed by atoms with Gasteiger partial charge in [0.2, 0.25) is 0 Å². The highest BCUT2D eigenvalue weighted by molar-refractivity contribution is 5.93. The first kappa shape index (κ1) is 28.6. The largest absolute Gasteiger partial charge is 0.393 e. The van der Waals surface area contributed by atoms with Gasteiger partial charge in [0.1, 0.15) is 17.5 Å². The maximum atomic E-state index is 14.2. The molecular weight excluding hydrogens is 472 g/mol. The summed E-state index contributed by atoms with van der Waals surface area (Å²) in [4.78, 5) is 40.4. The topological polar surface area (TPSA) is 132 Å². The zero-order valence-corrected chi connectivity index (χ0v) is 23.7. The van der Waals surface area contributed by atoms with Crippen LogP contribution in [0.25, 0.3) is 0 Å². The Kier molecular flexibility index (Phi) is 6.41. The molecular formula is C30H46O7. The van der Waals surface area contributed by atoms with E-state index in [0.29, 0.717) is 12.8 Å². The van der Waals surface area contributed by atoms with Gasteiger partial charge in [-0.15, -0.1) is 0 Å². The number of fused-ring (bicyclic) bond motifs is 5.